The maximum atomic E-state index is 5.35. The van der Waals surface area contributed by atoms with Crippen LogP contribution in [0.15, 0.2) is 119 Å². The van der Waals surface area contributed by atoms with E-state index in [0.717, 1.165) is 67.0 Å². The fourth-order valence-electron chi connectivity index (χ4n) is 6.48. The summed E-state index contributed by atoms with van der Waals surface area (Å²) in [6, 6.07) is 33.5. The van der Waals surface area contributed by atoms with Crippen molar-refractivity contribution in [3.05, 3.63) is 132 Å². The van der Waals surface area contributed by atoms with E-state index in [1.807, 2.05) is 12.1 Å². The SMILES string of the molecule is CN1c2cccc(c2S)C(C)(C)c2cccc(c2S)N(C)c2nc(cn2-c2ccccc2)C(C)(C)c2cn(-c3ccccc3)c1n2. The Morgan fingerprint density at radius 1 is 0.500 bits per heavy atom. The minimum Gasteiger partial charge on any atom is -0.314 e. The number of hydrogen-bond donors (Lipinski definition) is 2. The van der Waals surface area contributed by atoms with Gasteiger partial charge in [0.15, 0.2) is 0 Å². The average Bonchev–Trinajstić information content (AvgIpc) is 3.72. The van der Waals surface area contributed by atoms with Gasteiger partial charge in [-0.1, -0.05) is 74.5 Å². The molecule has 0 atom stereocenters. The van der Waals surface area contributed by atoms with Gasteiger partial charge < -0.3 is 9.80 Å². The van der Waals surface area contributed by atoms with Crippen molar-refractivity contribution in [2.75, 3.05) is 23.9 Å². The molecule has 4 aromatic carbocycles. The van der Waals surface area contributed by atoms with Crippen LogP contribution in [0.5, 0.6) is 0 Å². The Morgan fingerprint density at radius 3 is 1.28 bits per heavy atom. The van der Waals surface area contributed by atoms with E-state index in [1.165, 1.54) is 0 Å². The monoisotopic (exact) mass is 642 g/mol. The minimum atomic E-state index is -0.540. The molecule has 232 valence electrons. The van der Waals surface area contributed by atoms with Gasteiger partial charge in [0.2, 0.25) is 11.9 Å². The van der Waals surface area contributed by atoms with Gasteiger partial charge in [0.1, 0.15) is 0 Å². The number of nitrogens with zero attached hydrogens (tertiary/aromatic N) is 6. The summed E-state index contributed by atoms with van der Waals surface area (Å²) >= 11 is 10.4. The van der Waals surface area contributed by atoms with Crippen molar-refractivity contribution in [3.8, 4) is 11.4 Å². The predicted octanol–water partition coefficient (Wildman–Crippen LogP) is 9.14. The zero-order valence-electron chi connectivity index (χ0n) is 27.0. The smallest absolute Gasteiger partial charge is 0.214 e. The lowest BCUT2D eigenvalue weighted by atomic mass is 9.77. The summed E-state index contributed by atoms with van der Waals surface area (Å²) in [6.07, 6.45) is 4.29. The van der Waals surface area contributed by atoms with Gasteiger partial charge in [-0.25, -0.2) is 9.97 Å². The van der Waals surface area contributed by atoms with Gasteiger partial charge in [0.05, 0.1) is 28.2 Å². The third kappa shape index (κ3) is 4.74. The number of anilines is 4. The van der Waals surface area contributed by atoms with Crippen molar-refractivity contribution in [3.63, 3.8) is 0 Å². The van der Waals surface area contributed by atoms with Gasteiger partial charge in [-0.2, -0.15) is 0 Å². The number of thiol groups is 2. The van der Waals surface area contributed by atoms with Gasteiger partial charge in [0.25, 0.3) is 0 Å². The van der Waals surface area contributed by atoms with Crippen LogP contribution in [0.4, 0.5) is 23.3 Å². The average molecular weight is 643 g/mol. The summed E-state index contributed by atoms with van der Waals surface area (Å²) in [5.41, 5.74) is 7.07. The number of aromatic nitrogens is 4. The lowest BCUT2D eigenvalue weighted by molar-refractivity contribution is 0.601. The number of hydrogen-bond acceptors (Lipinski definition) is 6. The molecule has 0 spiro atoms. The van der Waals surface area contributed by atoms with Crippen LogP contribution in [0.3, 0.4) is 0 Å². The Hall–Kier alpha value is -4.40. The zero-order chi connectivity index (χ0) is 32.4. The predicted molar refractivity (Wildman–Crippen MR) is 195 cm³/mol. The maximum Gasteiger partial charge on any atom is 0.214 e. The van der Waals surface area contributed by atoms with Crippen molar-refractivity contribution in [2.24, 2.45) is 0 Å². The van der Waals surface area contributed by atoms with Crippen LogP contribution in [0, 0.1) is 0 Å². The molecule has 6 aromatic rings. The second-order valence-electron chi connectivity index (χ2n) is 13.0. The number of rotatable bonds is 2. The molecule has 46 heavy (non-hydrogen) atoms. The molecule has 0 radical (unpaired) electrons. The van der Waals surface area contributed by atoms with Gasteiger partial charge in [0, 0.05) is 53.1 Å². The highest BCUT2D eigenvalue weighted by Crippen LogP contribution is 2.46. The Labute approximate surface area is 282 Å². The van der Waals surface area contributed by atoms with E-state index < -0.39 is 10.8 Å². The second-order valence-corrected chi connectivity index (χ2v) is 13.9. The van der Waals surface area contributed by atoms with E-state index in [-0.39, 0.29) is 0 Å². The molecule has 0 amide bonds. The minimum absolute atomic E-state index is 0.416. The molecule has 7 rings (SSSR count). The molecule has 2 aromatic heterocycles. The topological polar surface area (TPSA) is 42.1 Å². The molecule has 0 saturated carbocycles. The molecular weight excluding hydrogens is 605 g/mol. The lowest BCUT2D eigenvalue weighted by Crippen LogP contribution is -2.24. The van der Waals surface area contributed by atoms with E-state index >= 15 is 0 Å². The Bertz CT molecular complexity index is 1920. The van der Waals surface area contributed by atoms with Crippen LogP contribution in [-0.4, -0.2) is 33.2 Å². The van der Waals surface area contributed by atoms with E-state index in [9.17, 15) is 0 Å². The third-order valence-corrected chi connectivity index (χ3v) is 10.4. The zero-order valence-corrected chi connectivity index (χ0v) is 28.8. The lowest BCUT2D eigenvalue weighted by Gasteiger charge is -2.33. The van der Waals surface area contributed by atoms with Crippen LogP contribution in [0.25, 0.3) is 11.4 Å². The highest BCUT2D eigenvalue weighted by molar-refractivity contribution is 7.80. The van der Waals surface area contributed by atoms with Gasteiger partial charge >= 0.3 is 0 Å². The van der Waals surface area contributed by atoms with Crippen LogP contribution in [-0.2, 0) is 10.8 Å². The molecule has 0 N–H and O–H groups in total. The molecule has 0 saturated heterocycles. The standard InChI is InChI=1S/C38H38N6S2/c1-37(2)27-19-13-21-29(33(27)45)41(5)35-39-31(23-43(35)25-15-9-7-10-16-25)38(3,4)32-24-44(26-17-11-8-12-18-26)36(40-32)42(6)30-22-14-20-28(37)34(30)46/h7-24,45-46H,1-6H3. The molecule has 0 fully saturated rings. The molecule has 0 aliphatic carbocycles. The molecule has 0 unspecified atom stereocenters. The Kier molecular flexibility index (Phi) is 7.33. The quantitative estimate of drug-likeness (QED) is 0.185. The third-order valence-electron chi connectivity index (χ3n) is 9.42. The summed E-state index contributed by atoms with van der Waals surface area (Å²) in [4.78, 5) is 16.8. The summed E-state index contributed by atoms with van der Waals surface area (Å²) in [6.45, 7) is 8.86. The molecule has 1 aliphatic rings. The van der Waals surface area contributed by atoms with Crippen LogP contribution in [0.1, 0.15) is 50.2 Å². The van der Waals surface area contributed by atoms with E-state index in [2.05, 4.69) is 158 Å². The molecule has 6 nitrogen and oxygen atoms in total. The molecule has 8 bridgehead atoms. The van der Waals surface area contributed by atoms with Crippen LogP contribution in [0.2, 0.25) is 0 Å². The fraction of sp³-hybridized carbons (Fsp3) is 0.211. The molecule has 3 heterocycles. The summed E-state index contributed by atoms with van der Waals surface area (Å²) in [7, 11) is 4.13. The van der Waals surface area contributed by atoms with Crippen molar-refractivity contribution in [1.29, 1.82) is 0 Å². The highest BCUT2D eigenvalue weighted by atomic mass is 32.1. The van der Waals surface area contributed by atoms with E-state index in [1.54, 1.807) is 0 Å². The first-order valence-electron chi connectivity index (χ1n) is 15.4. The van der Waals surface area contributed by atoms with Crippen LogP contribution >= 0.6 is 25.3 Å². The largest absolute Gasteiger partial charge is 0.314 e. The van der Waals surface area contributed by atoms with Crippen molar-refractivity contribution < 1.29 is 0 Å². The van der Waals surface area contributed by atoms with Crippen LogP contribution < -0.4 is 9.80 Å². The number of benzene rings is 4. The number of fused-ring (bicyclic) bond motifs is 8. The fourth-order valence-corrected chi connectivity index (χ4v) is 7.64. The Morgan fingerprint density at radius 2 is 0.891 bits per heavy atom. The summed E-state index contributed by atoms with van der Waals surface area (Å²) in [5.74, 6) is 1.59. The summed E-state index contributed by atoms with van der Waals surface area (Å²) in [5, 5.41) is 0. The Balaban J connectivity index is 1.56. The first-order valence-corrected chi connectivity index (χ1v) is 16.3. The van der Waals surface area contributed by atoms with Gasteiger partial charge in [-0.3, -0.25) is 9.13 Å². The highest BCUT2D eigenvalue weighted by Gasteiger charge is 2.35. The normalized spacial score (nSPS) is 15.2. The van der Waals surface area contributed by atoms with E-state index in [0.29, 0.717) is 0 Å². The molecule has 8 heteroatoms. The van der Waals surface area contributed by atoms with E-state index in [4.69, 9.17) is 35.2 Å². The van der Waals surface area contributed by atoms with Crippen molar-refractivity contribution in [1.82, 2.24) is 19.1 Å². The first kappa shape index (κ1) is 30.3. The van der Waals surface area contributed by atoms with Crippen molar-refractivity contribution in [2.45, 2.75) is 48.3 Å². The first-order chi connectivity index (χ1) is 22.0. The van der Waals surface area contributed by atoms with Gasteiger partial charge in [-0.15, -0.1) is 25.3 Å². The number of imidazole rings is 2. The molecule has 1 aliphatic heterocycles. The maximum absolute atomic E-state index is 5.35. The van der Waals surface area contributed by atoms with Gasteiger partial charge in [-0.05, 0) is 61.4 Å². The van der Waals surface area contributed by atoms with Crippen molar-refractivity contribution >= 4 is 48.5 Å². The number of para-hydroxylation sites is 2. The second kappa shape index (κ2) is 11.1. The summed E-state index contributed by atoms with van der Waals surface area (Å²) < 4.78 is 4.33. The molecular formula is C38H38N6S2.